The van der Waals surface area contributed by atoms with Crippen LogP contribution in [0.4, 0.5) is 5.69 Å². The molecule has 5 nitrogen and oxygen atoms in total. The van der Waals surface area contributed by atoms with Crippen LogP contribution in [0.5, 0.6) is 0 Å². The summed E-state index contributed by atoms with van der Waals surface area (Å²) in [6.45, 7) is 9.77. The highest BCUT2D eigenvalue weighted by molar-refractivity contribution is 9.10. The molecule has 0 aliphatic rings. The summed E-state index contributed by atoms with van der Waals surface area (Å²) in [5, 5.41) is 12.2. The summed E-state index contributed by atoms with van der Waals surface area (Å²) in [5.74, 6) is 2.42. The molecule has 2 aromatic rings. The first kappa shape index (κ1) is 15.9. The molecule has 0 spiro atoms. The average molecular weight is 352 g/mol. The molecule has 0 atom stereocenters. The number of hydrogen-bond acceptors (Lipinski definition) is 4. The number of benzene rings is 1. The highest BCUT2D eigenvalue weighted by Crippen LogP contribution is 2.32. The van der Waals surface area contributed by atoms with Crippen molar-refractivity contribution in [2.75, 3.05) is 5.73 Å². The van der Waals surface area contributed by atoms with E-state index >= 15 is 0 Å². The predicted molar refractivity (Wildman–Crippen MR) is 88.5 cm³/mol. The van der Waals surface area contributed by atoms with Crippen molar-refractivity contribution in [2.24, 2.45) is 17.8 Å². The van der Waals surface area contributed by atoms with E-state index in [0.29, 0.717) is 23.4 Å². The summed E-state index contributed by atoms with van der Waals surface area (Å²) >= 11 is 3.53. The molecule has 0 saturated heterocycles. The van der Waals surface area contributed by atoms with Crippen molar-refractivity contribution in [3.05, 3.63) is 22.7 Å². The lowest BCUT2D eigenvalue weighted by atomic mass is 9.85. The van der Waals surface area contributed by atoms with Gasteiger partial charge in [0, 0.05) is 17.8 Å². The topological polar surface area (TPSA) is 69.6 Å². The fourth-order valence-corrected chi connectivity index (χ4v) is 3.08. The van der Waals surface area contributed by atoms with Crippen molar-refractivity contribution in [3.8, 4) is 11.4 Å². The molecule has 0 amide bonds. The second kappa shape index (κ2) is 6.56. The molecule has 0 unspecified atom stereocenters. The Labute approximate surface area is 134 Å². The second-order valence-electron chi connectivity index (χ2n) is 6.05. The summed E-state index contributed by atoms with van der Waals surface area (Å²) in [7, 11) is 0. The molecule has 21 heavy (non-hydrogen) atoms. The van der Waals surface area contributed by atoms with Gasteiger partial charge in [0.05, 0.1) is 4.47 Å². The quantitative estimate of drug-likeness (QED) is 0.835. The first-order valence-corrected chi connectivity index (χ1v) is 8.01. The maximum absolute atomic E-state index is 5.95. The molecule has 0 aliphatic carbocycles. The second-order valence-corrected chi connectivity index (χ2v) is 6.84. The molecule has 0 bridgehead atoms. The predicted octanol–water partition coefficient (Wildman–Crippen LogP) is 3.61. The minimum absolute atomic E-state index is 0.520. The fourth-order valence-electron chi connectivity index (χ4n) is 2.63. The van der Waals surface area contributed by atoms with Gasteiger partial charge in [0.25, 0.3) is 0 Å². The lowest BCUT2D eigenvalue weighted by Crippen LogP contribution is -2.23. The highest BCUT2D eigenvalue weighted by Gasteiger charge is 2.22. The summed E-state index contributed by atoms with van der Waals surface area (Å²) in [5.41, 5.74) is 7.56. The Morgan fingerprint density at radius 1 is 1.19 bits per heavy atom. The molecule has 0 radical (unpaired) electrons. The van der Waals surface area contributed by atoms with E-state index < -0.39 is 0 Å². The Hall–Kier alpha value is -1.43. The van der Waals surface area contributed by atoms with E-state index in [1.165, 1.54) is 0 Å². The van der Waals surface area contributed by atoms with Gasteiger partial charge in [-0.25, -0.2) is 4.68 Å². The zero-order valence-corrected chi connectivity index (χ0v) is 14.5. The van der Waals surface area contributed by atoms with Crippen LogP contribution in [-0.2, 0) is 6.54 Å². The first-order chi connectivity index (χ1) is 9.91. The number of tetrazole rings is 1. The first-order valence-electron chi connectivity index (χ1n) is 7.22. The smallest absolute Gasteiger partial charge is 0.183 e. The van der Waals surface area contributed by atoms with Crippen LogP contribution in [0.2, 0.25) is 0 Å². The Morgan fingerprint density at radius 2 is 1.86 bits per heavy atom. The molecule has 1 aromatic heterocycles. The minimum atomic E-state index is 0.520. The SMILES string of the molecule is CC(C)C(Cn1nnnc1-c1cccc(N)c1Br)C(C)C. The normalized spacial score (nSPS) is 11.8. The molecule has 0 saturated carbocycles. The van der Waals surface area contributed by atoms with Gasteiger partial charge in [0.1, 0.15) is 0 Å². The zero-order valence-electron chi connectivity index (χ0n) is 12.9. The van der Waals surface area contributed by atoms with E-state index in [1.807, 2.05) is 22.9 Å². The molecule has 2 rings (SSSR count). The van der Waals surface area contributed by atoms with Gasteiger partial charge in [0.15, 0.2) is 5.82 Å². The van der Waals surface area contributed by atoms with Crippen molar-refractivity contribution in [3.63, 3.8) is 0 Å². The van der Waals surface area contributed by atoms with Gasteiger partial charge in [-0.15, -0.1) is 5.10 Å². The molecule has 114 valence electrons. The van der Waals surface area contributed by atoms with E-state index in [4.69, 9.17) is 5.73 Å². The number of nitrogens with zero attached hydrogens (tertiary/aromatic N) is 4. The van der Waals surface area contributed by atoms with Crippen LogP contribution in [-0.4, -0.2) is 20.2 Å². The highest BCUT2D eigenvalue weighted by atomic mass is 79.9. The number of aromatic nitrogens is 4. The van der Waals surface area contributed by atoms with Gasteiger partial charge in [-0.1, -0.05) is 33.8 Å². The van der Waals surface area contributed by atoms with Gasteiger partial charge >= 0.3 is 0 Å². The Morgan fingerprint density at radius 3 is 2.48 bits per heavy atom. The molecule has 1 heterocycles. The third-order valence-electron chi connectivity index (χ3n) is 3.90. The number of halogens is 1. The Bertz CT molecular complexity index is 598. The van der Waals surface area contributed by atoms with Crippen molar-refractivity contribution in [1.82, 2.24) is 20.2 Å². The van der Waals surface area contributed by atoms with Crippen LogP contribution in [0.1, 0.15) is 27.7 Å². The van der Waals surface area contributed by atoms with Crippen LogP contribution in [0, 0.1) is 17.8 Å². The van der Waals surface area contributed by atoms with Crippen LogP contribution in [0.15, 0.2) is 22.7 Å². The van der Waals surface area contributed by atoms with Gasteiger partial charge in [-0.05, 0) is 56.2 Å². The average Bonchev–Trinajstić information content (AvgIpc) is 2.86. The maximum Gasteiger partial charge on any atom is 0.183 e. The molecular weight excluding hydrogens is 330 g/mol. The molecule has 2 N–H and O–H groups in total. The summed E-state index contributed by atoms with van der Waals surface area (Å²) in [4.78, 5) is 0. The zero-order chi connectivity index (χ0) is 15.6. The molecule has 0 fully saturated rings. The van der Waals surface area contributed by atoms with E-state index in [-0.39, 0.29) is 0 Å². The summed E-state index contributed by atoms with van der Waals surface area (Å²) in [6.07, 6.45) is 0. The molecule has 6 heteroatoms. The summed E-state index contributed by atoms with van der Waals surface area (Å²) < 4.78 is 2.72. The Kier molecular flexibility index (Phi) is 4.98. The van der Waals surface area contributed by atoms with Crippen LogP contribution in [0.25, 0.3) is 11.4 Å². The van der Waals surface area contributed by atoms with E-state index in [9.17, 15) is 0 Å². The standard InChI is InChI=1S/C15H22BrN5/c1-9(2)12(10(3)4)8-21-15(18-19-20-21)11-6-5-7-13(17)14(11)16/h5-7,9-10,12H,8,17H2,1-4H3. The monoisotopic (exact) mass is 351 g/mol. The van der Waals surface area contributed by atoms with Gasteiger partial charge in [-0.3, -0.25) is 0 Å². The molecule has 1 aromatic carbocycles. The molecular formula is C15H22BrN5. The largest absolute Gasteiger partial charge is 0.398 e. The van der Waals surface area contributed by atoms with Crippen LogP contribution < -0.4 is 5.73 Å². The lowest BCUT2D eigenvalue weighted by Gasteiger charge is -2.24. The van der Waals surface area contributed by atoms with Gasteiger partial charge in [0.2, 0.25) is 0 Å². The summed E-state index contributed by atoms with van der Waals surface area (Å²) in [6, 6.07) is 5.74. The number of nitrogens with two attached hydrogens (primary N) is 1. The molecule has 0 aliphatic heterocycles. The van der Waals surface area contributed by atoms with E-state index in [0.717, 1.165) is 22.4 Å². The van der Waals surface area contributed by atoms with Crippen molar-refractivity contribution >= 4 is 21.6 Å². The number of nitrogen functional groups attached to an aromatic ring is 1. The van der Waals surface area contributed by atoms with Crippen molar-refractivity contribution in [1.29, 1.82) is 0 Å². The van der Waals surface area contributed by atoms with Gasteiger partial charge < -0.3 is 5.73 Å². The lowest BCUT2D eigenvalue weighted by molar-refractivity contribution is 0.242. The third kappa shape index (κ3) is 3.43. The van der Waals surface area contributed by atoms with E-state index in [2.05, 4.69) is 59.2 Å². The van der Waals surface area contributed by atoms with Crippen molar-refractivity contribution in [2.45, 2.75) is 34.2 Å². The fraction of sp³-hybridized carbons (Fsp3) is 0.533. The van der Waals surface area contributed by atoms with Crippen LogP contribution >= 0.6 is 15.9 Å². The van der Waals surface area contributed by atoms with Crippen molar-refractivity contribution < 1.29 is 0 Å². The Balaban J connectivity index is 2.37. The minimum Gasteiger partial charge on any atom is -0.398 e. The van der Waals surface area contributed by atoms with Gasteiger partial charge in [-0.2, -0.15) is 0 Å². The van der Waals surface area contributed by atoms with E-state index in [1.54, 1.807) is 0 Å². The van der Waals surface area contributed by atoms with Crippen LogP contribution in [0.3, 0.4) is 0 Å². The third-order valence-corrected chi connectivity index (χ3v) is 4.78. The number of anilines is 1. The number of rotatable bonds is 5. The maximum atomic E-state index is 5.95. The number of hydrogen-bond donors (Lipinski definition) is 1.